The second-order valence-corrected chi connectivity index (χ2v) is 9.47. The molecule has 0 saturated carbocycles. The summed E-state index contributed by atoms with van der Waals surface area (Å²) in [6.07, 6.45) is 6.81. The number of nitrogens with zero attached hydrogens (tertiary/aromatic N) is 7. The minimum atomic E-state index is -1.69. The van der Waals surface area contributed by atoms with Crippen molar-refractivity contribution < 1.29 is 18.6 Å². The Morgan fingerprint density at radius 3 is 2.74 bits per heavy atom. The van der Waals surface area contributed by atoms with Gasteiger partial charge in [-0.3, -0.25) is 4.90 Å². The van der Waals surface area contributed by atoms with Crippen molar-refractivity contribution in [3.8, 4) is 16.6 Å². The molecular weight excluding hydrogens is 476 g/mol. The molecule has 1 aliphatic rings. The van der Waals surface area contributed by atoms with Gasteiger partial charge in [0, 0.05) is 60.0 Å². The van der Waals surface area contributed by atoms with Crippen LogP contribution in [0.5, 0.6) is 6.01 Å². The monoisotopic (exact) mass is 499 g/mol. The van der Waals surface area contributed by atoms with Crippen molar-refractivity contribution in [2.24, 2.45) is 0 Å². The molecule has 1 aliphatic heterocycles. The van der Waals surface area contributed by atoms with Crippen LogP contribution in [0.1, 0.15) is 23.1 Å². The zero-order valence-corrected chi connectivity index (χ0v) is 19.9. The van der Waals surface area contributed by atoms with Crippen molar-refractivity contribution in [2.75, 3.05) is 13.7 Å². The Hall–Kier alpha value is -3.35. The van der Waals surface area contributed by atoms with Crippen LogP contribution in [0.3, 0.4) is 0 Å². The molecule has 0 radical (unpaired) electrons. The van der Waals surface area contributed by atoms with E-state index in [2.05, 4.69) is 25.0 Å². The Kier molecular flexibility index (Phi) is 6.26. The summed E-state index contributed by atoms with van der Waals surface area (Å²) in [5.74, 6) is -1.51. The highest BCUT2D eigenvalue weighted by Gasteiger charge is 2.43. The van der Waals surface area contributed by atoms with E-state index in [1.54, 1.807) is 12.4 Å². The Balaban J connectivity index is 1.44. The predicted octanol–water partition coefficient (Wildman–Crippen LogP) is 2.81. The van der Waals surface area contributed by atoms with Gasteiger partial charge < -0.3 is 9.84 Å². The molecule has 0 fully saturated rings. The summed E-state index contributed by atoms with van der Waals surface area (Å²) in [6.45, 7) is 2.92. The largest absolute Gasteiger partial charge is 0.467 e. The Bertz CT molecular complexity index is 1320. The van der Waals surface area contributed by atoms with E-state index in [0.29, 0.717) is 19.5 Å². The van der Waals surface area contributed by atoms with Crippen molar-refractivity contribution in [3.05, 3.63) is 71.0 Å². The first kappa shape index (κ1) is 23.4. The van der Waals surface area contributed by atoms with Crippen molar-refractivity contribution in [1.29, 1.82) is 0 Å². The molecule has 0 unspecified atom stereocenters. The molecule has 3 aromatic heterocycles. The van der Waals surface area contributed by atoms with Crippen LogP contribution >= 0.6 is 11.3 Å². The fourth-order valence-corrected chi connectivity index (χ4v) is 5.46. The number of halogens is 2. The fourth-order valence-electron chi connectivity index (χ4n) is 4.35. The Morgan fingerprint density at radius 2 is 2.06 bits per heavy atom. The molecule has 35 heavy (non-hydrogen) atoms. The molecule has 4 aromatic rings. The van der Waals surface area contributed by atoms with Gasteiger partial charge in [-0.2, -0.15) is 5.10 Å². The number of aromatic nitrogens is 6. The van der Waals surface area contributed by atoms with Crippen LogP contribution in [0.4, 0.5) is 8.78 Å². The molecular formula is C23H23F2N7O2S. The molecule has 1 aromatic carbocycles. The molecule has 182 valence electrons. The summed E-state index contributed by atoms with van der Waals surface area (Å²) in [5.41, 5.74) is 0.0892. The van der Waals surface area contributed by atoms with Gasteiger partial charge in [-0.1, -0.05) is 6.07 Å². The van der Waals surface area contributed by atoms with Gasteiger partial charge in [0.15, 0.2) is 0 Å². The first-order valence-corrected chi connectivity index (χ1v) is 11.8. The molecule has 0 spiro atoms. The lowest BCUT2D eigenvalue weighted by molar-refractivity contribution is -0.0675. The second kappa shape index (κ2) is 9.36. The maximum Gasteiger partial charge on any atom is 0.316 e. The van der Waals surface area contributed by atoms with E-state index in [-0.39, 0.29) is 18.1 Å². The Morgan fingerprint density at radius 1 is 1.26 bits per heavy atom. The van der Waals surface area contributed by atoms with Gasteiger partial charge in [0.05, 0.1) is 19.3 Å². The van der Waals surface area contributed by atoms with E-state index in [1.165, 1.54) is 41.8 Å². The third kappa shape index (κ3) is 4.51. The smallest absolute Gasteiger partial charge is 0.316 e. The minimum Gasteiger partial charge on any atom is -0.467 e. The summed E-state index contributed by atoms with van der Waals surface area (Å²) in [5, 5.41) is 16.8. The lowest BCUT2D eigenvalue weighted by atomic mass is 9.85. The molecule has 1 N–H and O–H groups in total. The number of hydrogen-bond donors (Lipinski definition) is 1. The van der Waals surface area contributed by atoms with Crippen LogP contribution in [0.25, 0.3) is 10.6 Å². The molecule has 9 nitrogen and oxygen atoms in total. The summed E-state index contributed by atoms with van der Waals surface area (Å²) in [6, 6.07) is 2.99. The van der Waals surface area contributed by atoms with E-state index in [9.17, 15) is 13.9 Å². The highest BCUT2D eigenvalue weighted by molar-refractivity contribution is 7.15. The third-order valence-corrected chi connectivity index (χ3v) is 7.46. The Labute approximate surface area is 204 Å². The predicted molar refractivity (Wildman–Crippen MR) is 124 cm³/mol. The fraction of sp³-hybridized carbons (Fsp3) is 0.348. The number of methoxy groups -OCH3 is 1. The summed E-state index contributed by atoms with van der Waals surface area (Å²) >= 11 is 1.53. The van der Waals surface area contributed by atoms with E-state index < -0.39 is 23.3 Å². The number of thiazole rings is 1. The van der Waals surface area contributed by atoms with E-state index >= 15 is 0 Å². The van der Waals surface area contributed by atoms with Gasteiger partial charge in [0.2, 0.25) is 0 Å². The highest BCUT2D eigenvalue weighted by atomic mass is 32.1. The van der Waals surface area contributed by atoms with Crippen LogP contribution in [0.2, 0.25) is 0 Å². The van der Waals surface area contributed by atoms with Gasteiger partial charge >= 0.3 is 6.01 Å². The minimum absolute atomic E-state index is 0.00747. The summed E-state index contributed by atoms with van der Waals surface area (Å²) in [7, 11) is 1.51. The first-order valence-electron chi connectivity index (χ1n) is 11.0. The number of aliphatic hydroxyl groups is 1. The quantitative estimate of drug-likeness (QED) is 0.414. The lowest BCUT2D eigenvalue weighted by Gasteiger charge is -2.42. The highest BCUT2D eigenvalue weighted by Crippen LogP contribution is 2.37. The van der Waals surface area contributed by atoms with Gasteiger partial charge in [-0.25, -0.2) is 33.4 Å². The molecule has 0 bridgehead atoms. The molecule has 0 aliphatic carbocycles. The second-order valence-electron chi connectivity index (χ2n) is 8.39. The van der Waals surface area contributed by atoms with Gasteiger partial charge in [0.1, 0.15) is 34.9 Å². The summed E-state index contributed by atoms with van der Waals surface area (Å²) in [4.78, 5) is 20.1. The van der Waals surface area contributed by atoms with E-state index in [0.717, 1.165) is 33.3 Å². The molecule has 12 heteroatoms. The van der Waals surface area contributed by atoms with Gasteiger partial charge in [-0.15, -0.1) is 11.3 Å². The molecule has 2 atom stereocenters. The number of rotatable bonds is 7. The topological polar surface area (TPSA) is 102 Å². The summed E-state index contributed by atoms with van der Waals surface area (Å²) < 4.78 is 35.0. The lowest BCUT2D eigenvalue weighted by Crippen LogP contribution is -2.53. The van der Waals surface area contributed by atoms with Crippen molar-refractivity contribution >= 4 is 11.3 Å². The zero-order chi connectivity index (χ0) is 24.6. The van der Waals surface area contributed by atoms with Gasteiger partial charge in [-0.05, 0) is 13.0 Å². The van der Waals surface area contributed by atoms with Crippen molar-refractivity contribution in [2.45, 2.75) is 38.1 Å². The van der Waals surface area contributed by atoms with E-state index in [1.807, 2.05) is 6.92 Å². The first-order chi connectivity index (χ1) is 16.9. The van der Waals surface area contributed by atoms with Crippen molar-refractivity contribution in [3.63, 3.8) is 0 Å². The molecule has 0 saturated heterocycles. The molecule has 4 heterocycles. The standard InChI is InChI=1S/C23H23F2N7O2S/c1-14(23(33,11-32-13-26-12-29-32)17-4-3-16(24)7-18(17)25)31-6-5-19-20(10-31)35-21(30-19)15-8-27-22(34-2)28-9-15/h3-4,7-9,12-14,33H,5-6,10-11H2,1-2H3/t14-,23-/m1/s1. The SMILES string of the molecule is COc1ncc(-c2nc3c(s2)CN([C@H](C)[C@](O)(Cn2cncn2)c2ccc(F)cc2F)CC3)cn1. The zero-order valence-electron chi connectivity index (χ0n) is 19.1. The van der Waals surface area contributed by atoms with Gasteiger partial charge in [0.25, 0.3) is 0 Å². The maximum absolute atomic E-state index is 14.9. The number of ether oxygens (including phenoxy) is 1. The molecule has 5 rings (SSSR count). The maximum atomic E-state index is 14.9. The number of benzene rings is 1. The normalized spacial score (nSPS) is 16.5. The van der Waals surface area contributed by atoms with Crippen molar-refractivity contribution in [1.82, 2.24) is 34.6 Å². The molecule has 0 amide bonds. The number of fused-ring (bicyclic) bond motifs is 1. The number of hydrogen-bond acceptors (Lipinski definition) is 9. The van der Waals surface area contributed by atoms with Crippen LogP contribution in [0.15, 0.2) is 43.2 Å². The third-order valence-electron chi connectivity index (χ3n) is 6.32. The van der Waals surface area contributed by atoms with Crippen LogP contribution in [0, 0.1) is 11.6 Å². The van der Waals surface area contributed by atoms with Crippen LogP contribution < -0.4 is 4.74 Å². The average molecular weight is 500 g/mol. The van der Waals surface area contributed by atoms with E-state index in [4.69, 9.17) is 9.72 Å². The average Bonchev–Trinajstić information content (AvgIpc) is 3.52. The van der Waals surface area contributed by atoms with Crippen LogP contribution in [-0.2, 0) is 25.1 Å². The van der Waals surface area contributed by atoms with Crippen LogP contribution in [-0.4, -0.2) is 59.4 Å².